The van der Waals surface area contributed by atoms with Gasteiger partial charge in [-0.3, -0.25) is 14.8 Å². The second-order valence-corrected chi connectivity index (χ2v) is 5.12. The predicted molar refractivity (Wildman–Crippen MR) is 80.4 cm³/mol. The van der Waals surface area contributed by atoms with Gasteiger partial charge >= 0.3 is 6.01 Å². The second-order valence-electron chi connectivity index (χ2n) is 5.12. The van der Waals surface area contributed by atoms with Gasteiger partial charge in [0.2, 0.25) is 5.89 Å². The van der Waals surface area contributed by atoms with Crippen LogP contribution in [0.5, 0.6) is 0 Å². The van der Waals surface area contributed by atoms with Crippen LogP contribution in [-0.2, 0) is 7.05 Å². The third-order valence-corrected chi connectivity index (χ3v) is 3.06. The lowest BCUT2D eigenvalue weighted by atomic mass is 10.1. The van der Waals surface area contributed by atoms with Crippen molar-refractivity contribution in [2.24, 2.45) is 7.05 Å². The molecule has 0 unspecified atom stereocenters. The summed E-state index contributed by atoms with van der Waals surface area (Å²) in [6.45, 7) is 3.99. The number of anilines is 1. The molecule has 0 atom stereocenters. The van der Waals surface area contributed by atoms with Gasteiger partial charge in [0.25, 0.3) is 5.91 Å². The molecule has 0 saturated carbocycles. The molecule has 0 aliphatic carbocycles. The van der Waals surface area contributed by atoms with Crippen molar-refractivity contribution in [2.45, 2.75) is 13.8 Å². The van der Waals surface area contributed by atoms with Crippen molar-refractivity contribution in [1.82, 2.24) is 20.0 Å². The average molecular weight is 297 g/mol. The lowest BCUT2D eigenvalue weighted by molar-refractivity contribution is 0.101. The summed E-state index contributed by atoms with van der Waals surface area (Å²) < 4.78 is 7.04. The van der Waals surface area contributed by atoms with Crippen LogP contribution >= 0.6 is 0 Å². The Balaban J connectivity index is 1.80. The SMILES string of the molecule is Cc1cc(C)cc(-c2nnc(NC(=O)c3ccn(C)n3)o2)c1. The van der Waals surface area contributed by atoms with Crippen molar-refractivity contribution in [1.29, 1.82) is 0 Å². The number of carbonyl (C=O) groups is 1. The zero-order chi connectivity index (χ0) is 15.7. The Bertz CT molecular complexity index is 814. The molecular weight excluding hydrogens is 282 g/mol. The van der Waals surface area contributed by atoms with E-state index in [2.05, 4.69) is 26.7 Å². The minimum absolute atomic E-state index is 0.0461. The Morgan fingerprint density at radius 2 is 1.91 bits per heavy atom. The lowest BCUT2D eigenvalue weighted by Gasteiger charge is -2.00. The molecule has 7 nitrogen and oxygen atoms in total. The largest absolute Gasteiger partial charge is 0.403 e. The van der Waals surface area contributed by atoms with Crippen molar-refractivity contribution >= 4 is 11.9 Å². The molecule has 22 heavy (non-hydrogen) atoms. The minimum Gasteiger partial charge on any atom is -0.403 e. The van der Waals surface area contributed by atoms with Gasteiger partial charge in [0.05, 0.1) is 0 Å². The van der Waals surface area contributed by atoms with Crippen LogP contribution < -0.4 is 5.32 Å². The zero-order valence-electron chi connectivity index (χ0n) is 12.5. The van der Waals surface area contributed by atoms with E-state index in [1.807, 2.05) is 26.0 Å². The van der Waals surface area contributed by atoms with Crippen LogP contribution in [-0.4, -0.2) is 25.9 Å². The minimum atomic E-state index is -0.392. The maximum Gasteiger partial charge on any atom is 0.322 e. The summed E-state index contributed by atoms with van der Waals surface area (Å²) in [6, 6.07) is 7.61. The standard InChI is InChI=1S/C15H15N5O2/c1-9-6-10(2)8-11(7-9)14-17-18-15(22-14)16-13(21)12-4-5-20(3)19-12/h4-8H,1-3H3,(H,16,18,21). The third-order valence-electron chi connectivity index (χ3n) is 3.06. The number of rotatable bonds is 3. The number of aromatic nitrogens is 4. The number of aryl methyl sites for hydroxylation is 3. The smallest absolute Gasteiger partial charge is 0.322 e. The number of nitrogens with zero attached hydrogens (tertiary/aromatic N) is 4. The van der Waals surface area contributed by atoms with Crippen LogP contribution in [0.3, 0.4) is 0 Å². The first-order valence-corrected chi connectivity index (χ1v) is 6.74. The van der Waals surface area contributed by atoms with Gasteiger partial charge in [-0.25, -0.2) is 0 Å². The summed E-state index contributed by atoms with van der Waals surface area (Å²) in [5.41, 5.74) is 3.32. The summed E-state index contributed by atoms with van der Waals surface area (Å²) >= 11 is 0. The van der Waals surface area contributed by atoms with Gasteiger partial charge in [-0.2, -0.15) is 5.10 Å². The maximum absolute atomic E-state index is 12.0. The highest BCUT2D eigenvalue weighted by Gasteiger charge is 2.14. The van der Waals surface area contributed by atoms with Crippen LogP contribution in [0.15, 0.2) is 34.9 Å². The van der Waals surface area contributed by atoms with Crippen LogP contribution in [0.2, 0.25) is 0 Å². The average Bonchev–Trinajstić information content (AvgIpc) is 3.06. The molecule has 3 aromatic rings. The predicted octanol–water partition coefficient (Wildman–Crippen LogP) is 2.34. The van der Waals surface area contributed by atoms with Gasteiger partial charge in [-0.15, -0.1) is 5.10 Å². The maximum atomic E-state index is 12.0. The van der Waals surface area contributed by atoms with Gasteiger partial charge in [0, 0.05) is 18.8 Å². The molecule has 0 bridgehead atoms. The van der Waals surface area contributed by atoms with Crippen molar-refractivity contribution in [3.05, 3.63) is 47.3 Å². The fourth-order valence-corrected chi connectivity index (χ4v) is 2.19. The van der Waals surface area contributed by atoms with E-state index in [4.69, 9.17) is 4.42 Å². The zero-order valence-corrected chi connectivity index (χ0v) is 12.5. The molecule has 0 saturated heterocycles. The number of amides is 1. The molecule has 3 rings (SSSR count). The quantitative estimate of drug-likeness (QED) is 0.802. The van der Waals surface area contributed by atoms with Crippen molar-refractivity contribution in [2.75, 3.05) is 5.32 Å². The van der Waals surface area contributed by atoms with E-state index in [-0.39, 0.29) is 11.7 Å². The third kappa shape index (κ3) is 2.88. The summed E-state index contributed by atoms with van der Waals surface area (Å²) in [6.07, 6.45) is 1.68. The van der Waals surface area contributed by atoms with E-state index >= 15 is 0 Å². The first-order valence-electron chi connectivity index (χ1n) is 6.74. The second kappa shape index (κ2) is 5.44. The highest BCUT2D eigenvalue weighted by atomic mass is 16.4. The molecule has 2 heterocycles. The topological polar surface area (TPSA) is 85.8 Å². The lowest BCUT2D eigenvalue weighted by Crippen LogP contribution is -2.13. The Morgan fingerprint density at radius 3 is 2.55 bits per heavy atom. The summed E-state index contributed by atoms with van der Waals surface area (Å²) in [7, 11) is 1.74. The fraction of sp³-hybridized carbons (Fsp3) is 0.200. The van der Waals surface area contributed by atoms with Crippen molar-refractivity contribution < 1.29 is 9.21 Å². The number of hydrogen-bond donors (Lipinski definition) is 1. The number of hydrogen-bond acceptors (Lipinski definition) is 5. The van der Waals surface area contributed by atoms with Gasteiger partial charge in [0.1, 0.15) is 0 Å². The summed E-state index contributed by atoms with van der Waals surface area (Å²) in [5, 5.41) is 14.4. The summed E-state index contributed by atoms with van der Waals surface area (Å²) in [5.74, 6) is -0.0284. The Kier molecular flexibility index (Phi) is 3.46. The van der Waals surface area contributed by atoms with Gasteiger partial charge in [0.15, 0.2) is 5.69 Å². The first-order chi connectivity index (χ1) is 10.5. The molecule has 1 N–H and O–H groups in total. The van der Waals surface area contributed by atoms with E-state index in [9.17, 15) is 4.79 Å². The fourth-order valence-electron chi connectivity index (χ4n) is 2.19. The molecule has 0 aliphatic heterocycles. The van der Waals surface area contributed by atoms with Gasteiger partial charge in [-0.05, 0) is 32.0 Å². The molecule has 112 valence electrons. The number of nitrogens with one attached hydrogen (secondary N) is 1. The van der Waals surface area contributed by atoms with Crippen LogP contribution in [0.1, 0.15) is 21.6 Å². The molecule has 0 radical (unpaired) electrons. The highest BCUT2D eigenvalue weighted by molar-refractivity contribution is 6.01. The Labute approximate surface area is 127 Å². The highest BCUT2D eigenvalue weighted by Crippen LogP contribution is 2.22. The monoisotopic (exact) mass is 297 g/mol. The first kappa shape index (κ1) is 14.0. The van der Waals surface area contributed by atoms with E-state index in [0.717, 1.165) is 16.7 Å². The van der Waals surface area contributed by atoms with Crippen LogP contribution in [0, 0.1) is 13.8 Å². The van der Waals surface area contributed by atoms with Crippen molar-refractivity contribution in [3.63, 3.8) is 0 Å². The van der Waals surface area contributed by atoms with Crippen LogP contribution in [0.25, 0.3) is 11.5 Å². The molecule has 1 aromatic carbocycles. The Hall–Kier alpha value is -2.96. The van der Waals surface area contributed by atoms with Gasteiger partial charge < -0.3 is 4.42 Å². The number of carbonyl (C=O) groups excluding carboxylic acids is 1. The number of benzene rings is 1. The summed E-state index contributed by atoms with van der Waals surface area (Å²) in [4.78, 5) is 12.0. The van der Waals surface area contributed by atoms with E-state index < -0.39 is 5.91 Å². The van der Waals surface area contributed by atoms with E-state index in [0.29, 0.717) is 5.89 Å². The molecule has 0 fully saturated rings. The molecule has 2 aromatic heterocycles. The Morgan fingerprint density at radius 1 is 1.18 bits per heavy atom. The molecule has 1 amide bonds. The molecule has 0 aliphatic rings. The normalized spacial score (nSPS) is 10.7. The van der Waals surface area contributed by atoms with Crippen LogP contribution in [0.4, 0.5) is 6.01 Å². The molecule has 0 spiro atoms. The molecular formula is C15H15N5O2. The van der Waals surface area contributed by atoms with E-state index in [1.165, 1.54) is 0 Å². The molecule has 7 heteroatoms. The van der Waals surface area contributed by atoms with Crippen molar-refractivity contribution in [3.8, 4) is 11.5 Å². The van der Waals surface area contributed by atoms with Gasteiger partial charge in [-0.1, -0.05) is 22.3 Å². The van der Waals surface area contributed by atoms with E-state index in [1.54, 1.807) is 24.0 Å².